The molecular formula is C19H22N2O3. The van der Waals surface area contributed by atoms with Gasteiger partial charge in [-0.05, 0) is 50.9 Å². The fourth-order valence-electron chi connectivity index (χ4n) is 3.57. The first-order chi connectivity index (χ1) is 11.7. The lowest BCUT2D eigenvalue weighted by atomic mass is 10.1. The zero-order chi connectivity index (χ0) is 16.6. The number of rotatable bonds is 5. The largest absolute Gasteiger partial charge is 0.422 e. The van der Waals surface area contributed by atoms with Gasteiger partial charge in [-0.15, -0.1) is 0 Å². The number of benzene rings is 1. The SMILES string of the molecule is O=C(NCC1(CN2CCCC2)CC1)c1cc2ccccc2oc1=O. The molecule has 1 aromatic heterocycles. The molecule has 1 aromatic carbocycles. The first-order valence-corrected chi connectivity index (χ1v) is 8.69. The van der Waals surface area contributed by atoms with Crippen molar-refractivity contribution in [1.82, 2.24) is 10.2 Å². The molecule has 1 saturated carbocycles. The lowest BCUT2D eigenvalue weighted by molar-refractivity contribution is 0.0936. The van der Waals surface area contributed by atoms with E-state index >= 15 is 0 Å². The third kappa shape index (κ3) is 3.08. The molecule has 1 amide bonds. The first-order valence-electron chi connectivity index (χ1n) is 8.69. The summed E-state index contributed by atoms with van der Waals surface area (Å²) < 4.78 is 5.24. The van der Waals surface area contributed by atoms with Crippen LogP contribution in [0.2, 0.25) is 0 Å². The topological polar surface area (TPSA) is 62.6 Å². The van der Waals surface area contributed by atoms with Gasteiger partial charge in [-0.2, -0.15) is 0 Å². The van der Waals surface area contributed by atoms with Crippen LogP contribution in [-0.2, 0) is 0 Å². The Morgan fingerprint density at radius 3 is 2.71 bits per heavy atom. The second-order valence-electron chi connectivity index (χ2n) is 7.15. The van der Waals surface area contributed by atoms with Gasteiger partial charge in [-0.3, -0.25) is 4.79 Å². The quantitative estimate of drug-likeness (QED) is 0.857. The Kier molecular flexibility index (Phi) is 3.88. The van der Waals surface area contributed by atoms with E-state index in [9.17, 15) is 9.59 Å². The van der Waals surface area contributed by atoms with E-state index in [1.807, 2.05) is 12.1 Å². The lowest BCUT2D eigenvalue weighted by Crippen LogP contribution is -2.38. The summed E-state index contributed by atoms with van der Waals surface area (Å²) >= 11 is 0. The van der Waals surface area contributed by atoms with Gasteiger partial charge in [-0.1, -0.05) is 18.2 Å². The Hall–Kier alpha value is -2.14. The Morgan fingerprint density at radius 2 is 1.96 bits per heavy atom. The lowest BCUT2D eigenvalue weighted by Gasteiger charge is -2.23. The third-order valence-electron chi connectivity index (χ3n) is 5.22. The molecule has 5 nitrogen and oxygen atoms in total. The maximum absolute atomic E-state index is 12.4. The summed E-state index contributed by atoms with van der Waals surface area (Å²) in [5, 5.41) is 3.72. The summed E-state index contributed by atoms with van der Waals surface area (Å²) in [6, 6.07) is 8.86. The minimum absolute atomic E-state index is 0.0886. The average Bonchev–Trinajstić information content (AvgIpc) is 3.15. The number of nitrogens with zero attached hydrogens (tertiary/aromatic N) is 1. The number of carbonyl (C=O) groups excluding carboxylic acids is 1. The van der Waals surface area contributed by atoms with Crippen LogP contribution in [0.1, 0.15) is 36.0 Å². The molecule has 0 atom stereocenters. The molecule has 1 N–H and O–H groups in total. The van der Waals surface area contributed by atoms with Gasteiger partial charge in [0.05, 0.1) is 0 Å². The average molecular weight is 326 g/mol. The van der Waals surface area contributed by atoms with Crippen LogP contribution in [0, 0.1) is 5.41 Å². The molecule has 1 aliphatic carbocycles. The first kappa shape index (κ1) is 15.4. The monoisotopic (exact) mass is 326 g/mol. The maximum Gasteiger partial charge on any atom is 0.349 e. The molecule has 2 aromatic rings. The molecular weight excluding hydrogens is 304 g/mol. The van der Waals surface area contributed by atoms with Gasteiger partial charge in [0.25, 0.3) is 5.91 Å². The zero-order valence-corrected chi connectivity index (χ0v) is 13.7. The van der Waals surface area contributed by atoms with E-state index in [4.69, 9.17) is 4.42 Å². The molecule has 24 heavy (non-hydrogen) atoms. The highest BCUT2D eigenvalue weighted by Crippen LogP contribution is 2.46. The van der Waals surface area contributed by atoms with E-state index in [0.29, 0.717) is 12.1 Å². The van der Waals surface area contributed by atoms with Crippen molar-refractivity contribution < 1.29 is 9.21 Å². The molecule has 1 saturated heterocycles. The van der Waals surface area contributed by atoms with Gasteiger partial charge >= 0.3 is 5.63 Å². The minimum Gasteiger partial charge on any atom is -0.422 e. The van der Waals surface area contributed by atoms with Gasteiger partial charge in [0.1, 0.15) is 11.1 Å². The number of nitrogens with one attached hydrogen (secondary N) is 1. The fraction of sp³-hybridized carbons (Fsp3) is 0.474. The van der Waals surface area contributed by atoms with Gasteiger partial charge in [0.2, 0.25) is 0 Å². The van der Waals surface area contributed by atoms with Crippen molar-refractivity contribution in [2.45, 2.75) is 25.7 Å². The summed E-state index contributed by atoms with van der Waals surface area (Å²) in [5.41, 5.74) is 0.227. The van der Waals surface area contributed by atoms with Crippen molar-refractivity contribution in [3.05, 3.63) is 46.3 Å². The van der Waals surface area contributed by atoms with Crippen LogP contribution in [-0.4, -0.2) is 37.0 Å². The Labute approximate surface area is 140 Å². The molecule has 4 rings (SSSR count). The van der Waals surface area contributed by atoms with Crippen molar-refractivity contribution in [2.75, 3.05) is 26.2 Å². The zero-order valence-electron chi connectivity index (χ0n) is 13.7. The summed E-state index contributed by atoms with van der Waals surface area (Å²) in [5.74, 6) is -0.331. The van der Waals surface area contributed by atoms with Crippen LogP contribution in [0.4, 0.5) is 0 Å². The normalized spacial score (nSPS) is 19.5. The van der Waals surface area contributed by atoms with Crippen molar-refractivity contribution >= 4 is 16.9 Å². The molecule has 0 spiro atoms. The summed E-state index contributed by atoms with van der Waals surface area (Å²) in [6.45, 7) is 4.03. The van der Waals surface area contributed by atoms with E-state index in [1.54, 1.807) is 18.2 Å². The minimum atomic E-state index is -0.574. The Balaban J connectivity index is 1.44. The highest BCUT2D eigenvalue weighted by molar-refractivity contribution is 5.96. The predicted molar refractivity (Wildman–Crippen MR) is 92.2 cm³/mol. The molecule has 0 radical (unpaired) electrons. The van der Waals surface area contributed by atoms with Crippen molar-refractivity contribution in [2.24, 2.45) is 5.41 Å². The van der Waals surface area contributed by atoms with Gasteiger partial charge in [0, 0.05) is 23.9 Å². The van der Waals surface area contributed by atoms with Crippen LogP contribution < -0.4 is 10.9 Å². The predicted octanol–water partition coefficient (Wildman–Crippen LogP) is 2.40. The number of para-hydroxylation sites is 1. The van der Waals surface area contributed by atoms with Crippen molar-refractivity contribution in [3.8, 4) is 0 Å². The smallest absolute Gasteiger partial charge is 0.349 e. The Bertz CT molecular complexity index is 817. The summed E-state index contributed by atoms with van der Waals surface area (Å²) in [6.07, 6.45) is 4.85. The number of fused-ring (bicyclic) bond motifs is 1. The number of amides is 1. The van der Waals surface area contributed by atoms with E-state index in [0.717, 1.165) is 24.8 Å². The number of hydrogen-bond donors (Lipinski definition) is 1. The van der Waals surface area contributed by atoms with Crippen LogP contribution in [0.5, 0.6) is 0 Å². The summed E-state index contributed by atoms with van der Waals surface area (Å²) in [7, 11) is 0. The molecule has 2 heterocycles. The molecule has 0 bridgehead atoms. The van der Waals surface area contributed by atoms with Crippen LogP contribution in [0.25, 0.3) is 11.0 Å². The Morgan fingerprint density at radius 1 is 1.21 bits per heavy atom. The molecule has 2 fully saturated rings. The van der Waals surface area contributed by atoms with E-state index in [2.05, 4.69) is 10.2 Å². The maximum atomic E-state index is 12.4. The van der Waals surface area contributed by atoms with E-state index < -0.39 is 5.63 Å². The number of likely N-dealkylation sites (tertiary alicyclic amines) is 1. The van der Waals surface area contributed by atoms with Crippen molar-refractivity contribution in [1.29, 1.82) is 0 Å². The molecule has 5 heteroatoms. The highest BCUT2D eigenvalue weighted by Gasteiger charge is 2.44. The van der Waals surface area contributed by atoms with Gasteiger partial charge < -0.3 is 14.6 Å². The fourth-order valence-corrected chi connectivity index (χ4v) is 3.57. The standard InChI is InChI=1S/C19H22N2O3/c22-17(15-11-14-5-1-2-6-16(14)24-18(15)23)20-12-19(7-8-19)13-21-9-3-4-10-21/h1-2,5-6,11H,3-4,7-10,12-13H2,(H,20,22). The molecule has 1 aliphatic heterocycles. The number of carbonyl (C=O) groups is 1. The van der Waals surface area contributed by atoms with Crippen molar-refractivity contribution in [3.63, 3.8) is 0 Å². The molecule has 2 aliphatic rings. The van der Waals surface area contributed by atoms with Gasteiger partial charge in [0.15, 0.2) is 0 Å². The second kappa shape index (κ2) is 6.06. The van der Waals surface area contributed by atoms with Crippen LogP contribution in [0.3, 0.4) is 0 Å². The van der Waals surface area contributed by atoms with Crippen LogP contribution >= 0.6 is 0 Å². The summed E-state index contributed by atoms with van der Waals surface area (Å²) in [4.78, 5) is 27.0. The third-order valence-corrected chi connectivity index (χ3v) is 5.22. The molecule has 126 valence electrons. The van der Waals surface area contributed by atoms with E-state index in [-0.39, 0.29) is 16.9 Å². The molecule has 0 unspecified atom stereocenters. The number of hydrogen-bond acceptors (Lipinski definition) is 4. The van der Waals surface area contributed by atoms with Gasteiger partial charge in [-0.25, -0.2) is 4.79 Å². The second-order valence-corrected chi connectivity index (χ2v) is 7.15. The highest BCUT2D eigenvalue weighted by atomic mass is 16.4. The van der Waals surface area contributed by atoms with E-state index in [1.165, 1.54) is 25.9 Å². The van der Waals surface area contributed by atoms with Crippen LogP contribution in [0.15, 0.2) is 39.5 Å².